The smallest absolute Gasteiger partial charge is 0.000680 e. The van der Waals surface area contributed by atoms with E-state index in [0.29, 0.717) is 0 Å². The minimum absolute atomic E-state index is 0.848. The zero-order valence-electron chi connectivity index (χ0n) is 12.6. The molecule has 0 aromatic heterocycles. The van der Waals surface area contributed by atoms with E-state index in [0.717, 1.165) is 5.92 Å². The van der Waals surface area contributed by atoms with Crippen molar-refractivity contribution >= 4 is 0 Å². The predicted molar refractivity (Wildman–Crippen MR) is 78.6 cm³/mol. The zero-order chi connectivity index (χ0) is 12.9. The van der Waals surface area contributed by atoms with Gasteiger partial charge in [0.2, 0.25) is 0 Å². The molecule has 17 heavy (non-hydrogen) atoms. The maximum Gasteiger partial charge on any atom is 0.000680 e. The summed E-state index contributed by atoms with van der Waals surface area (Å²) in [6.45, 7) is 15.3. The van der Waals surface area contributed by atoms with Crippen LogP contribution in [0.5, 0.6) is 0 Å². The molecule has 1 atom stereocenters. The molecule has 0 aliphatic carbocycles. The molecule has 0 aliphatic rings. The van der Waals surface area contributed by atoms with Gasteiger partial charge in [-0.25, -0.2) is 0 Å². The van der Waals surface area contributed by atoms with Gasteiger partial charge in [-0.2, -0.15) is 0 Å². The Labute approximate surface area is 109 Å². The fourth-order valence-electron chi connectivity index (χ4n) is 2.01. The van der Waals surface area contributed by atoms with Crippen molar-refractivity contribution < 1.29 is 0 Å². The van der Waals surface area contributed by atoms with Crippen molar-refractivity contribution in [2.24, 2.45) is 5.92 Å². The summed E-state index contributed by atoms with van der Waals surface area (Å²) in [6.07, 6.45) is 6.61. The summed E-state index contributed by atoms with van der Waals surface area (Å²) < 4.78 is 0. The van der Waals surface area contributed by atoms with E-state index >= 15 is 0 Å². The lowest BCUT2D eigenvalue weighted by Crippen LogP contribution is -2.29. The molecule has 0 aromatic rings. The Morgan fingerprint density at radius 2 is 1.76 bits per heavy atom. The van der Waals surface area contributed by atoms with Crippen LogP contribution in [0.25, 0.3) is 0 Å². The molecule has 0 aromatic carbocycles. The summed E-state index contributed by atoms with van der Waals surface area (Å²) in [5.74, 6) is 0.848. The Bertz CT molecular complexity index is 148. The Morgan fingerprint density at radius 1 is 1.00 bits per heavy atom. The highest BCUT2D eigenvalue weighted by Crippen LogP contribution is 2.06. The Hall–Kier alpha value is -0.0800. The third-order valence-electron chi connectivity index (χ3n) is 3.47. The van der Waals surface area contributed by atoms with E-state index in [4.69, 9.17) is 0 Å². The molecule has 0 heterocycles. The molecular weight excluding hydrogens is 208 g/mol. The van der Waals surface area contributed by atoms with Gasteiger partial charge in [-0.3, -0.25) is 0 Å². The molecule has 1 unspecified atom stereocenters. The average Bonchev–Trinajstić information content (AvgIpc) is 2.35. The first-order chi connectivity index (χ1) is 8.24. The minimum Gasteiger partial charge on any atom is -0.317 e. The second-order valence-electron chi connectivity index (χ2n) is 5.22. The molecule has 0 saturated carbocycles. The summed E-state index contributed by atoms with van der Waals surface area (Å²) in [4.78, 5) is 2.60. The van der Waals surface area contributed by atoms with E-state index in [1.165, 1.54) is 64.8 Å². The lowest BCUT2D eigenvalue weighted by molar-refractivity contribution is 0.241. The highest BCUT2D eigenvalue weighted by Gasteiger charge is 2.06. The van der Waals surface area contributed by atoms with Gasteiger partial charge in [0.15, 0.2) is 0 Å². The number of rotatable bonds is 12. The summed E-state index contributed by atoms with van der Waals surface area (Å²) >= 11 is 0. The average molecular weight is 242 g/mol. The van der Waals surface area contributed by atoms with Crippen molar-refractivity contribution in [2.75, 3.05) is 32.7 Å². The molecule has 0 radical (unpaired) electrons. The zero-order valence-corrected chi connectivity index (χ0v) is 12.6. The molecule has 0 rings (SSSR count). The molecule has 0 aliphatic heterocycles. The third-order valence-corrected chi connectivity index (χ3v) is 3.47. The lowest BCUT2D eigenvalue weighted by Gasteiger charge is -2.23. The van der Waals surface area contributed by atoms with Crippen molar-refractivity contribution in [3.8, 4) is 0 Å². The number of nitrogens with one attached hydrogen (secondary N) is 1. The SMILES string of the molecule is CCCNCCCCCN(CC)CC(C)CC. The van der Waals surface area contributed by atoms with Crippen LogP contribution >= 0.6 is 0 Å². The van der Waals surface area contributed by atoms with Crippen LogP contribution in [0.2, 0.25) is 0 Å². The van der Waals surface area contributed by atoms with E-state index in [9.17, 15) is 0 Å². The number of hydrogen-bond acceptors (Lipinski definition) is 2. The molecular formula is C15H34N2. The van der Waals surface area contributed by atoms with Crippen LogP contribution in [-0.2, 0) is 0 Å². The number of nitrogens with zero attached hydrogens (tertiary/aromatic N) is 1. The highest BCUT2D eigenvalue weighted by atomic mass is 15.1. The van der Waals surface area contributed by atoms with Crippen LogP contribution in [0.3, 0.4) is 0 Å². The van der Waals surface area contributed by atoms with Crippen molar-refractivity contribution in [3.05, 3.63) is 0 Å². The van der Waals surface area contributed by atoms with Crippen molar-refractivity contribution in [1.82, 2.24) is 10.2 Å². The second-order valence-corrected chi connectivity index (χ2v) is 5.22. The number of unbranched alkanes of at least 4 members (excludes halogenated alkanes) is 2. The topological polar surface area (TPSA) is 15.3 Å². The quantitative estimate of drug-likeness (QED) is 0.527. The molecule has 1 N–H and O–H groups in total. The summed E-state index contributed by atoms with van der Waals surface area (Å²) in [7, 11) is 0. The molecule has 0 spiro atoms. The van der Waals surface area contributed by atoms with Gasteiger partial charge in [0.1, 0.15) is 0 Å². The van der Waals surface area contributed by atoms with Crippen molar-refractivity contribution in [2.45, 2.75) is 59.8 Å². The van der Waals surface area contributed by atoms with Gasteiger partial charge in [-0.05, 0) is 51.4 Å². The summed E-state index contributed by atoms with van der Waals surface area (Å²) in [5, 5.41) is 3.46. The molecule has 2 nitrogen and oxygen atoms in total. The molecule has 104 valence electrons. The highest BCUT2D eigenvalue weighted by molar-refractivity contribution is 4.61. The second kappa shape index (κ2) is 12.4. The Morgan fingerprint density at radius 3 is 2.35 bits per heavy atom. The molecule has 0 fully saturated rings. The van der Waals surface area contributed by atoms with Crippen molar-refractivity contribution in [1.29, 1.82) is 0 Å². The van der Waals surface area contributed by atoms with E-state index in [1.54, 1.807) is 0 Å². The fraction of sp³-hybridized carbons (Fsp3) is 1.00. The first kappa shape index (κ1) is 16.9. The predicted octanol–water partition coefficient (Wildman–Crippen LogP) is 3.52. The van der Waals surface area contributed by atoms with Crippen LogP contribution < -0.4 is 5.32 Å². The van der Waals surface area contributed by atoms with Crippen LogP contribution in [0, 0.1) is 5.92 Å². The summed E-state index contributed by atoms with van der Waals surface area (Å²) in [5.41, 5.74) is 0. The molecule has 0 amide bonds. The minimum atomic E-state index is 0.848. The summed E-state index contributed by atoms with van der Waals surface area (Å²) in [6, 6.07) is 0. The van der Waals surface area contributed by atoms with Gasteiger partial charge in [0.05, 0.1) is 0 Å². The number of hydrogen-bond donors (Lipinski definition) is 1. The van der Waals surface area contributed by atoms with Gasteiger partial charge in [-0.1, -0.05) is 40.5 Å². The van der Waals surface area contributed by atoms with E-state index < -0.39 is 0 Å². The van der Waals surface area contributed by atoms with E-state index in [-0.39, 0.29) is 0 Å². The van der Waals surface area contributed by atoms with Crippen LogP contribution in [-0.4, -0.2) is 37.6 Å². The van der Waals surface area contributed by atoms with Crippen LogP contribution in [0.1, 0.15) is 59.8 Å². The van der Waals surface area contributed by atoms with Gasteiger partial charge in [-0.15, -0.1) is 0 Å². The normalized spacial score (nSPS) is 13.2. The third kappa shape index (κ3) is 10.8. The van der Waals surface area contributed by atoms with Crippen LogP contribution in [0.4, 0.5) is 0 Å². The maximum absolute atomic E-state index is 3.46. The maximum atomic E-state index is 3.46. The van der Waals surface area contributed by atoms with E-state index in [1.807, 2.05) is 0 Å². The van der Waals surface area contributed by atoms with Gasteiger partial charge < -0.3 is 10.2 Å². The Kier molecular flexibility index (Phi) is 12.3. The monoisotopic (exact) mass is 242 g/mol. The molecule has 0 saturated heterocycles. The standard InChI is InChI=1S/C15H34N2/c1-5-11-16-12-9-8-10-13-17(7-3)14-15(4)6-2/h15-16H,5-14H2,1-4H3. The largest absolute Gasteiger partial charge is 0.317 e. The Balaban J connectivity index is 3.37. The molecule has 0 bridgehead atoms. The van der Waals surface area contributed by atoms with E-state index in [2.05, 4.69) is 37.9 Å². The van der Waals surface area contributed by atoms with Crippen molar-refractivity contribution in [3.63, 3.8) is 0 Å². The fourth-order valence-corrected chi connectivity index (χ4v) is 2.01. The van der Waals surface area contributed by atoms with Gasteiger partial charge in [0, 0.05) is 6.54 Å². The first-order valence-electron chi connectivity index (χ1n) is 7.67. The van der Waals surface area contributed by atoms with Crippen LogP contribution in [0.15, 0.2) is 0 Å². The van der Waals surface area contributed by atoms with Gasteiger partial charge >= 0.3 is 0 Å². The first-order valence-corrected chi connectivity index (χ1v) is 7.67. The lowest BCUT2D eigenvalue weighted by atomic mass is 10.1. The van der Waals surface area contributed by atoms with Gasteiger partial charge in [0.25, 0.3) is 0 Å². The molecule has 2 heteroatoms.